The molecule has 2 aromatic carbocycles. The SMILES string of the molecule is CCOC(=O)/C(=C/c1ccccc1)C[C@@H]([C@@H](C[N+](=O)[O-])c1ccccc1)[N+](=O)[O-]. The van der Waals surface area contributed by atoms with Crippen molar-refractivity contribution in [3.8, 4) is 0 Å². The highest BCUT2D eigenvalue weighted by Gasteiger charge is 2.38. The van der Waals surface area contributed by atoms with Crippen molar-refractivity contribution in [2.75, 3.05) is 13.2 Å². The van der Waals surface area contributed by atoms with Crippen LogP contribution in [0.4, 0.5) is 0 Å². The molecule has 0 N–H and O–H groups in total. The predicted octanol–water partition coefficient (Wildman–Crippen LogP) is 3.73. The van der Waals surface area contributed by atoms with Crippen molar-refractivity contribution in [1.29, 1.82) is 0 Å². The molecule has 2 rings (SSSR count). The first-order valence-corrected chi connectivity index (χ1v) is 9.15. The lowest BCUT2D eigenvalue weighted by atomic mass is 9.87. The van der Waals surface area contributed by atoms with Crippen molar-refractivity contribution < 1.29 is 19.4 Å². The monoisotopic (exact) mass is 398 g/mol. The molecule has 0 amide bonds. The first-order valence-electron chi connectivity index (χ1n) is 9.15. The fraction of sp³-hybridized carbons (Fsp3) is 0.286. The Labute approximate surface area is 168 Å². The molecule has 0 radical (unpaired) electrons. The molecule has 0 aromatic heterocycles. The van der Waals surface area contributed by atoms with Crippen molar-refractivity contribution in [3.63, 3.8) is 0 Å². The summed E-state index contributed by atoms with van der Waals surface area (Å²) < 4.78 is 5.06. The standard InChI is InChI=1S/C21H22N2O6/c1-2-29-21(24)18(13-16-9-5-3-6-10-16)14-20(23(27)28)19(15-22(25)26)17-11-7-4-8-12-17/h3-13,19-20H,2,14-15H2,1H3/b18-13+/t19-,20-/m0/s1. The minimum Gasteiger partial charge on any atom is -0.463 e. The minimum absolute atomic E-state index is 0.101. The van der Waals surface area contributed by atoms with Gasteiger partial charge in [0.1, 0.15) is 5.92 Å². The van der Waals surface area contributed by atoms with Gasteiger partial charge in [0.15, 0.2) is 0 Å². The van der Waals surface area contributed by atoms with E-state index in [4.69, 9.17) is 4.74 Å². The summed E-state index contributed by atoms with van der Waals surface area (Å²) in [5, 5.41) is 23.1. The third-order valence-corrected chi connectivity index (χ3v) is 4.42. The summed E-state index contributed by atoms with van der Waals surface area (Å²) in [4.78, 5) is 34.4. The molecule has 0 heterocycles. The van der Waals surface area contributed by atoms with E-state index in [0.717, 1.165) is 0 Å². The van der Waals surface area contributed by atoms with Crippen LogP contribution in [0.1, 0.15) is 30.4 Å². The van der Waals surface area contributed by atoms with Gasteiger partial charge in [0, 0.05) is 21.8 Å². The van der Waals surface area contributed by atoms with Crippen molar-refractivity contribution in [2.24, 2.45) is 0 Å². The molecule has 0 aliphatic heterocycles. The number of benzene rings is 2. The molecule has 8 heteroatoms. The summed E-state index contributed by atoms with van der Waals surface area (Å²) in [6.45, 7) is 1.14. The normalized spacial score (nSPS) is 13.3. The topological polar surface area (TPSA) is 113 Å². The van der Waals surface area contributed by atoms with Crippen LogP contribution in [0.5, 0.6) is 0 Å². The number of hydrogen-bond acceptors (Lipinski definition) is 6. The lowest BCUT2D eigenvalue weighted by Crippen LogP contribution is -2.33. The van der Waals surface area contributed by atoms with Crippen LogP contribution in [0.25, 0.3) is 6.08 Å². The second-order valence-electron chi connectivity index (χ2n) is 6.39. The van der Waals surface area contributed by atoms with Gasteiger partial charge in [0.25, 0.3) is 0 Å². The summed E-state index contributed by atoms with van der Waals surface area (Å²) >= 11 is 0. The molecule has 2 aromatic rings. The first kappa shape index (κ1) is 21.7. The summed E-state index contributed by atoms with van der Waals surface area (Å²) in [6.07, 6.45) is 1.25. The van der Waals surface area contributed by atoms with Gasteiger partial charge in [-0.2, -0.15) is 0 Å². The Morgan fingerprint density at radius 2 is 1.62 bits per heavy atom. The Hall–Kier alpha value is -3.55. The first-order chi connectivity index (χ1) is 13.9. The zero-order valence-electron chi connectivity index (χ0n) is 16.0. The average molecular weight is 398 g/mol. The molecule has 0 saturated heterocycles. The van der Waals surface area contributed by atoms with E-state index in [2.05, 4.69) is 0 Å². The highest BCUT2D eigenvalue weighted by Crippen LogP contribution is 2.28. The van der Waals surface area contributed by atoms with Gasteiger partial charge in [0.05, 0.1) is 6.61 Å². The van der Waals surface area contributed by atoms with Gasteiger partial charge in [0.2, 0.25) is 12.6 Å². The molecule has 0 spiro atoms. The van der Waals surface area contributed by atoms with Gasteiger partial charge < -0.3 is 4.74 Å². The second-order valence-corrected chi connectivity index (χ2v) is 6.39. The van der Waals surface area contributed by atoms with E-state index < -0.39 is 34.3 Å². The zero-order chi connectivity index (χ0) is 21.2. The molecule has 2 atom stereocenters. The molecular weight excluding hydrogens is 376 g/mol. The van der Waals surface area contributed by atoms with Crippen LogP contribution in [-0.4, -0.2) is 35.0 Å². The smallest absolute Gasteiger partial charge is 0.334 e. The van der Waals surface area contributed by atoms with Crippen LogP contribution in [0.2, 0.25) is 0 Å². The minimum atomic E-state index is -1.36. The summed E-state index contributed by atoms with van der Waals surface area (Å²) in [5.74, 6) is -1.66. The molecule has 0 bridgehead atoms. The highest BCUT2D eigenvalue weighted by molar-refractivity contribution is 5.93. The van der Waals surface area contributed by atoms with E-state index in [-0.39, 0.29) is 18.6 Å². The fourth-order valence-corrected chi connectivity index (χ4v) is 3.07. The molecule has 0 saturated carbocycles. The Kier molecular flexibility index (Phi) is 8.02. The molecule has 8 nitrogen and oxygen atoms in total. The lowest BCUT2D eigenvalue weighted by Gasteiger charge is -2.19. The molecule has 29 heavy (non-hydrogen) atoms. The van der Waals surface area contributed by atoms with Crippen LogP contribution in [-0.2, 0) is 9.53 Å². The fourth-order valence-electron chi connectivity index (χ4n) is 3.07. The summed E-state index contributed by atoms with van der Waals surface area (Å²) in [5.41, 5.74) is 1.26. The number of ether oxygens (including phenoxy) is 1. The number of carbonyl (C=O) groups is 1. The predicted molar refractivity (Wildman–Crippen MR) is 107 cm³/mol. The molecule has 0 unspecified atom stereocenters. The lowest BCUT2D eigenvalue weighted by molar-refractivity contribution is -0.546. The van der Waals surface area contributed by atoms with E-state index in [9.17, 15) is 25.0 Å². The molecule has 0 fully saturated rings. The van der Waals surface area contributed by atoms with E-state index in [1.807, 2.05) is 6.07 Å². The van der Waals surface area contributed by atoms with Gasteiger partial charge >= 0.3 is 5.97 Å². The Balaban J connectivity index is 2.44. The molecule has 152 valence electrons. The number of rotatable bonds is 10. The Morgan fingerprint density at radius 3 is 2.14 bits per heavy atom. The van der Waals surface area contributed by atoms with Crippen LogP contribution in [0, 0.1) is 20.2 Å². The van der Waals surface area contributed by atoms with Gasteiger partial charge in [-0.25, -0.2) is 4.79 Å². The van der Waals surface area contributed by atoms with E-state index >= 15 is 0 Å². The molecule has 0 aliphatic rings. The van der Waals surface area contributed by atoms with Crippen molar-refractivity contribution in [1.82, 2.24) is 0 Å². The van der Waals surface area contributed by atoms with Crippen LogP contribution in [0.3, 0.4) is 0 Å². The maximum Gasteiger partial charge on any atom is 0.334 e. The van der Waals surface area contributed by atoms with E-state index in [1.54, 1.807) is 61.5 Å². The number of carbonyl (C=O) groups excluding carboxylic acids is 1. The highest BCUT2D eigenvalue weighted by atomic mass is 16.6. The Bertz CT molecular complexity index is 867. The number of esters is 1. The number of nitrogens with zero attached hydrogens (tertiary/aromatic N) is 2. The zero-order valence-corrected chi connectivity index (χ0v) is 16.0. The van der Waals surface area contributed by atoms with Crippen LogP contribution < -0.4 is 0 Å². The maximum atomic E-state index is 12.4. The Morgan fingerprint density at radius 1 is 1.03 bits per heavy atom. The van der Waals surface area contributed by atoms with Gasteiger partial charge in [-0.15, -0.1) is 0 Å². The van der Waals surface area contributed by atoms with Crippen molar-refractivity contribution in [3.05, 3.63) is 97.6 Å². The largest absolute Gasteiger partial charge is 0.463 e. The van der Waals surface area contributed by atoms with Gasteiger partial charge in [-0.05, 0) is 24.1 Å². The number of hydrogen-bond donors (Lipinski definition) is 0. The second kappa shape index (κ2) is 10.7. The van der Waals surface area contributed by atoms with Crippen molar-refractivity contribution in [2.45, 2.75) is 25.3 Å². The number of nitro groups is 2. The average Bonchev–Trinajstić information content (AvgIpc) is 2.70. The summed E-state index contributed by atoms with van der Waals surface area (Å²) in [7, 11) is 0. The summed E-state index contributed by atoms with van der Waals surface area (Å²) in [6, 6.07) is 15.8. The van der Waals surface area contributed by atoms with E-state index in [1.165, 1.54) is 6.08 Å². The van der Waals surface area contributed by atoms with Crippen LogP contribution >= 0.6 is 0 Å². The van der Waals surface area contributed by atoms with Crippen LogP contribution in [0.15, 0.2) is 66.2 Å². The molecular formula is C21H22N2O6. The third kappa shape index (κ3) is 6.53. The quantitative estimate of drug-likeness (QED) is 0.261. The molecule has 0 aliphatic carbocycles. The van der Waals surface area contributed by atoms with Crippen molar-refractivity contribution >= 4 is 12.0 Å². The maximum absolute atomic E-state index is 12.4. The van der Waals surface area contributed by atoms with Gasteiger partial charge in [-0.3, -0.25) is 20.2 Å². The van der Waals surface area contributed by atoms with Gasteiger partial charge in [-0.1, -0.05) is 60.7 Å². The third-order valence-electron chi connectivity index (χ3n) is 4.42. The van der Waals surface area contributed by atoms with E-state index in [0.29, 0.717) is 11.1 Å².